The molecule has 2 amide bonds. The number of nitrogens with one attached hydrogen (secondary N) is 3. The van der Waals surface area contributed by atoms with E-state index >= 15 is 0 Å². The van der Waals surface area contributed by atoms with E-state index in [9.17, 15) is 9.59 Å². The highest BCUT2D eigenvalue weighted by molar-refractivity contribution is 6.04. The van der Waals surface area contributed by atoms with Crippen LogP contribution in [0.25, 0.3) is 0 Å². The molecule has 6 nitrogen and oxygen atoms in total. The molecule has 0 aliphatic rings. The van der Waals surface area contributed by atoms with Crippen LogP contribution in [0.1, 0.15) is 31.1 Å². The first kappa shape index (κ1) is 20.9. The zero-order chi connectivity index (χ0) is 21.6. The quantitative estimate of drug-likeness (QED) is 0.486. The van der Waals surface area contributed by atoms with Gasteiger partial charge < -0.3 is 15.4 Å². The van der Waals surface area contributed by atoms with Crippen LogP contribution in [-0.2, 0) is 4.74 Å². The largest absolute Gasteiger partial charge is 0.444 e. The van der Waals surface area contributed by atoms with Crippen molar-refractivity contribution < 1.29 is 14.3 Å². The molecule has 154 valence electrons. The Morgan fingerprint density at radius 1 is 0.667 bits per heavy atom. The maximum absolute atomic E-state index is 12.5. The van der Waals surface area contributed by atoms with Crippen LogP contribution in [0, 0.1) is 0 Å². The van der Waals surface area contributed by atoms with Crippen molar-refractivity contribution in [3.8, 4) is 0 Å². The van der Waals surface area contributed by atoms with E-state index in [0.717, 1.165) is 11.4 Å². The van der Waals surface area contributed by atoms with Gasteiger partial charge in [-0.3, -0.25) is 10.1 Å². The van der Waals surface area contributed by atoms with Gasteiger partial charge in [-0.05, 0) is 81.4 Å². The lowest BCUT2D eigenvalue weighted by Gasteiger charge is -2.19. The minimum atomic E-state index is -0.573. The maximum Gasteiger partial charge on any atom is 0.412 e. The van der Waals surface area contributed by atoms with Crippen molar-refractivity contribution in [2.24, 2.45) is 0 Å². The minimum absolute atomic E-state index is 0.234. The number of carbonyl (C=O) groups is 2. The third-order valence-corrected chi connectivity index (χ3v) is 4.00. The summed E-state index contributed by atoms with van der Waals surface area (Å²) in [7, 11) is 0. The van der Waals surface area contributed by atoms with Gasteiger partial charge in [0.1, 0.15) is 5.60 Å². The van der Waals surface area contributed by atoms with Gasteiger partial charge in [-0.15, -0.1) is 0 Å². The van der Waals surface area contributed by atoms with E-state index in [0.29, 0.717) is 16.9 Å². The monoisotopic (exact) mass is 403 g/mol. The summed E-state index contributed by atoms with van der Waals surface area (Å²) in [6, 6.07) is 23.9. The highest BCUT2D eigenvalue weighted by atomic mass is 16.6. The van der Waals surface area contributed by atoms with Crippen LogP contribution in [0.4, 0.5) is 27.5 Å². The molecule has 0 aromatic heterocycles. The summed E-state index contributed by atoms with van der Waals surface area (Å²) >= 11 is 0. The summed E-state index contributed by atoms with van der Waals surface area (Å²) in [6.45, 7) is 5.39. The average Bonchev–Trinajstić information content (AvgIpc) is 2.69. The van der Waals surface area contributed by atoms with Crippen molar-refractivity contribution in [2.45, 2.75) is 26.4 Å². The third kappa shape index (κ3) is 6.38. The Morgan fingerprint density at radius 3 is 1.77 bits per heavy atom. The average molecular weight is 403 g/mol. The van der Waals surface area contributed by atoms with Crippen LogP contribution in [0.3, 0.4) is 0 Å². The first-order valence-corrected chi connectivity index (χ1v) is 9.62. The Labute approximate surface area is 176 Å². The Balaban J connectivity index is 1.56. The SMILES string of the molecule is CC(C)(C)OC(=O)Nc1ccc(C(=O)Nc2ccc(Nc3ccccc3)cc2)cc1. The fourth-order valence-electron chi connectivity index (χ4n) is 2.65. The van der Waals surface area contributed by atoms with Crippen LogP contribution < -0.4 is 16.0 Å². The second-order valence-electron chi connectivity index (χ2n) is 7.73. The summed E-state index contributed by atoms with van der Waals surface area (Å²) in [4.78, 5) is 24.3. The van der Waals surface area contributed by atoms with Gasteiger partial charge in [0, 0.05) is 28.3 Å². The van der Waals surface area contributed by atoms with E-state index in [1.165, 1.54) is 0 Å². The van der Waals surface area contributed by atoms with Gasteiger partial charge in [0.25, 0.3) is 5.91 Å². The van der Waals surface area contributed by atoms with E-state index in [1.54, 1.807) is 45.0 Å². The van der Waals surface area contributed by atoms with E-state index < -0.39 is 11.7 Å². The second-order valence-corrected chi connectivity index (χ2v) is 7.73. The first-order valence-electron chi connectivity index (χ1n) is 9.62. The molecule has 0 saturated carbocycles. The van der Waals surface area contributed by atoms with Gasteiger partial charge in [-0.2, -0.15) is 0 Å². The molecule has 3 N–H and O–H groups in total. The smallest absolute Gasteiger partial charge is 0.412 e. The summed E-state index contributed by atoms with van der Waals surface area (Å²) < 4.78 is 5.21. The predicted octanol–water partition coefficient (Wildman–Crippen LogP) is 6.03. The number of ether oxygens (including phenoxy) is 1. The van der Waals surface area contributed by atoms with Crippen molar-refractivity contribution in [3.05, 3.63) is 84.4 Å². The zero-order valence-corrected chi connectivity index (χ0v) is 17.2. The van der Waals surface area contributed by atoms with Gasteiger partial charge in [-0.1, -0.05) is 18.2 Å². The standard InChI is InChI=1S/C24H25N3O3/c1-24(2,3)30-23(29)27-21-11-9-17(10-12-21)22(28)26-20-15-13-19(14-16-20)25-18-7-5-4-6-8-18/h4-16,25H,1-3H3,(H,26,28)(H,27,29). The lowest BCUT2D eigenvalue weighted by atomic mass is 10.2. The molecule has 0 spiro atoms. The van der Waals surface area contributed by atoms with E-state index in [-0.39, 0.29) is 5.91 Å². The third-order valence-electron chi connectivity index (χ3n) is 4.00. The van der Waals surface area contributed by atoms with Gasteiger partial charge >= 0.3 is 6.09 Å². The molecule has 0 saturated heterocycles. The van der Waals surface area contributed by atoms with Gasteiger partial charge in [0.15, 0.2) is 0 Å². The van der Waals surface area contributed by atoms with Crippen molar-refractivity contribution in [3.63, 3.8) is 0 Å². The number of carbonyl (C=O) groups excluding carboxylic acids is 2. The molecule has 0 aliphatic carbocycles. The molecular formula is C24H25N3O3. The molecule has 3 aromatic carbocycles. The molecule has 0 radical (unpaired) electrons. The number of anilines is 4. The fourth-order valence-corrected chi connectivity index (χ4v) is 2.65. The Hall–Kier alpha value is -3.80. The first-order chi connectivity index (χ1) is 14.3. The van der Waals surface area contributed by atoms with Crippen LogP contribution in [0.15, 0.2) is 78.9 Å². The number of rotatable bonds is 5. The second kappa shape index (κ2) is 9.13. The molecular weight excluding hydrogens is 378 g/mol. The normalized spacial score (nSPS) is 10.8. The Morgan fingerprint density at radius 2 is 1.17 bits per heavy atom. The topological polar surface area (TPSA) is 79.5 Å². The lowest BCUT2D eigenvalue weighted by molar-refractivity contribution is 0.0636. The highest BCUT2D eigenvalue weighted by Crippen LogP contribution is 2.19. The number of benzene rings is 3. The molecule has 0 heterocycles. The molecule has 0 aliphatic heterocycles. The molecule has 0 bridgehead atoms. The molecule has 30 heavy (non-hydrogen) atoms. The van der Waals surface area contributed by atoms with Crippen LogP contribution in [0.2, 0.25) is 0 Å². The summed E-state index contributed by atoms with van der Waals surface area (Å²) in [6.07, 6.45) is -0.538. The van der Waals surface area contributed by atoms with E-state index in [4.69, 9.17) is 4.74 Å². The van der Waals surface area contributed by atoms with Crippen LogP contribution in [0.5, 0.6) is 0 Å². The Kier molecular flexibility index (Phi) is 6.37. The number of para-hydroxylation sites is 1. The maximum atomic E-state index is 12.5. The molecule has 3 aromatic rings. The van der Waals surface area contributed by atoms with Crippen LogP contribution in [-0.4, -0.2) is 17.6 Å². The molecule has 0 unspecified atom stereocenters. The number of hydrogen-bond donors (Lipinski definition) is 3. The molecule has 6 heteroatoms. The fraction of sp³-hybridized carbons (Fsp3) is 0.167. The van der Waals surface area contributed by atoms with Crippen molar-refractivity contribution in [1.29, 1.82) is 0 Å². The lowest BCUT2D eigenvalue weighted by Crippen LogP contribution is -2.27. The van der Waals surface area contributed by atoms with E-state index in [2.05, 4.69) is 16.0 Å². The van der Waals surface area contributed by atoms with Gasteiger partial charge in [0.05, 0.1) is 0 Å². The van der Waals surface area contributed by atoms with Crippen LogP contribution >= 0.6 is 0 Å². The molecule has 0 atom stereocenters. The summed E-state index contributed by atoms with van der Waals surface area (Å²) in [5.41, 5.74) is 3.07. The number of hydrogen-bond acceptors (Lipinski definition) is 4. The molecule has 3 rings (SSSR count). The summed E-state index contributed by atoms with van der Waals surface area (Å²) in [5, 5.41) is 8.80. The van der Waals surface area contributed by atoms with Gasteiger partial charge in [0.2, 0.25) is 0 Å². The van der Waals surface area contributed by atoms with Crippen molar-refractivity contribution in [1.82, 2.24) is 0 Å². The summed E-state index contributed by atoms with van der Waals surface area (Å²) in [5.74, 6) is -0.234. The number of amides is 2. The van der Waals surface area contributed by atoms with Crippen molar-refractivity contribution >= 4 is 34.7 Å². The van der Waals surface area contributed by atoms with Gasteiger partial charge in [-0.25, -0.2) is 4.79 Å². The highest BCUT2D eigenvalue weighted by Gasteiger charge is 2.16. The van der Waals surface area contributed by atoms with Crippen molar-refractivity contribution in [2.75, 3.05) is 16.0 Å². The predicted molar refractivity (Wildman–Crippen MR) is 120 cm³/mol. The minimum Gasteiger partial charge on any atom is -0.444 e. The van der Waals surface area contributed by atoms with E-state index in [1.807, 2.05) is 54.6 Å². The molecule has 0 fully saturated rings. The Bertz CT molecular complexity index is 993. The zero-order valence-electron chi connectivity index (χ0n) is 17.2.